The lowest BCUT2D eigenvalue weighted by molar-refractivity contribution is -0.152. The molecule has 212 valence electrons. The van der Waals surface area contributed by atoms with Gasteiger partial charge in [0, 0.05) is 6.42 Å². The summed E-state index contributed by atoms with van der Waals surface area (Å²) in [5.41, 5.74) is 1.12. The highest BCUT2D eigenvalue weighted by Crippen LogP contribution is 2.39. The fourth-order valence-electron chi connectivity index (χ4n) is 5.03. The molecule has 1 fully saturated rings. The van der Waals surface area contributed by atoms with Crippen molar-refractivity contribution in [3.05, 3.63) is 48.0 Å². The lowest BCUT2D eigenvalue weighted by Crippen LogP contribution is -2.26. The van der Waals surface area contributed by atoms with Crippen LogP contribution < -0.4 is 0 Å². The van der Waals surface area contributed by atoms with Crippen molar-refractivity contribution >= 4 is 17.9 Å². The van der Waals surface area contributed by atoms with Crippen LogP contribution in [0, 0.1) is 11.8 Å². The van der Waals surface area contributed by atoms with Crippen molar-refractivity contribution in [2.75, 3.05) is 0 Å². The van der Waals surface area contributed by atoms with Gasteiger partial charge in [-0.3, -0.25) is 14.4 Å². The van der Waals surface area contributed by atoms with E-state index in [-0.39, 0.29) is 36.8 Å². The van der Waals surface area contributed by atoms with Crippen molar-refractivity contribution < 1.29 is 39.2 Å². The van der Waals surface area contributed by atoms with Crippen molar-refractivity contribution in [2.24, 2.45) is 11.8 Å². The fourth-order valence-corrected chi connectivity index (χ4v) is 5.03. The molecule has 8 heteroatoms. The maximum absolute atomic E-state index is 12.3. The molecule has 0 aromatic heterocycles. The van der Waals surface area contributed by atoms with Gasteiger partial charge in [-0.15, -0.1) is 0 Å². The van der Waals surface area contributed by atoms with Gasteiger partial charge in [-0.05, 0) is 82.6 Å². The number of esters is 2. The number of aliphatic hydroxyl groups excluding tert-OH is 2. The van der Waals surface area contributed by atoms with Crippen LogP contribution in [0.1, 0.15) is 83.6 Å². The minimum atomic E-state index is -1.04. The van der Waals surface area contributed by atoms with Gasteiger partial charge in [0.1, 0.15) is 6.10 Å². The predicted octanol–water partition coefficient (Wildman–Crippen LogP) is 4.60. The minimum Gasteiger partial charge on any atom is -0.481 e. The molecule has 0 saturated heterocycles. The Balaban J connectivity index is 1.89. The summed E-state index contributed by atoms with van der Waals surface area (Å²) >= 11 is 0. The van der Waals surface area contributed by atoms with Gasteiger partial charge in [0.05, 0.1) is 31.2 Å². The van der Waals surface area contributed by atoms with Crippen LogP contribution in [0.25, 0.3) is 0 Å². The second-order valence-corrected chi connectivity index (χ2v) is 10.4. The molecule has 1 saturated carbocycles. The SMILES string of the molecule is CC(C)OC(=O)CCCC=CC[C@@H]1[C@@H](CC[C@H](CCc2ccccc2)OC(=O)CCC(=O)O)[C@H](O)C[C@@H]1O. The number of aryl methyl sites for hydroxylation is 1. The van der Waals surface area contributed by atoms with Crippen LogP contribution >= 0.6 is 0 Å². The number of hydrogen-bond donors (Lipinski definition) is 3. The van der Waals surface area contributed by atoms with Crippen LogP contribution in [0.3, 0.4) is 0 Å². The summed E-state index contributed by atoms with van der Waals surface area (Å²) < 4.78 is 10.8. The molecular formula is C30H44O8. The molecule has 1 aromatic rings. The van der Waals surface area contributed by atoms with Crippen molar-refractivity contribution in [3.63, 3.8) is 0 Å². The number of carbonyl (C=O) groups excluding carboxylic acids is 2. The number of aliphatic hydroxyl groups is 2. The topological polar surface area (TPSA) is 130 Å². The molecule has 38 heavy (non-hydrogen) atoms. The Hall–Kier alpha value is -2.71. The van der Waals surface area contributed by atoms with E-state index in [2.05, 4.69) is 0 Å². The zero-order chi connectivity index (χ0) is 27.9. The molecule has 0 unspecified atom stereocenters. The molecular weight excluding hydrogens is 488 g/mol. The Morgan fingerprint density at radius 2 is 1.61 bits per heavy atom. The van der Waals surface area contributed by atoms with E-state index in [4.69, 9.17) is 14.6 Å². The minimum absolute atomic E-state index is 0.107. The number of hydrogen-bond acceptors (Lipinski definition) is 7. The van der Waals surface area contributed by atoms with E-state index >= 15 is 0 Å². The molecule has 1 aliphatic rings. The molecule has 0 radical (unpaired) electrons. The second-order valence-electron chi connectivity index (χ2n) is 10.4. The third-order valence-corrected chi connectivity index (χ3v) is 6.98. The molecule has 8 nitrogen and oxygen atoms in total. The first-order chi connectivity index (χ1) is 18.2. The van der Waals surface area contributed by atoms with Gasteiger partial charge in [-0.1, -0.05) is 42.5 Å². The molecule has 5 atom stereocenters. The maximum Gasteiger partial charge on any atom is 0.306 e. The van der Waals surface area contributed by atoms with Crippen molar-refractivity contribution in [2.45, 2.75) is 109 Å². The van der Waals surface area contributed by atoms with Gasteiger partial charge in [0.2, 0.25) is 0 Å². The first kappa shape index (κ1) is 31.5. The second kappa shape index (κ2) is 17.0. The number of carboxylic acid groups (broad SMARTS) is 1. The molecule has 1 aromatic carbocycles. The fraction of sp³-hybridized carbons (Fsp3) is 0.633. The summed E-state index contributed by atoms with van der Waals surface area (Å²) in [4.78, 5) is 34.7. The number of benzene rings is 1. The summed E-state index contributed by atoms with van der Waals surface area (Å²) in [6, 6.07) is 9.87. The third kappa shape index (κ3) is 12.2. The van der Waals surface area contributed by atoms with Gasteiger partial charge in [0.15, 0.2) is 0 Å². The first-order valence-corrected chi connectivity index (χ1v) is 13.8. The largest absolute Gasteiger partial charge is 0.481 e. The Labute approximate surface area is 226 Å². The van der Waals surface area contributed by atoms with E-state index in [0.717, 1.165) is 12.0 Å². The monoisotopic (exact) mass is 532 g/mol. The highest BCUT2D eigenvalue weighted by molar-refractivity contribution is 5.76. The maximum atomic E-state index is 12.3. The van der Waals surface area contributed by atoms with Crippen molar-refractivity contribution in [3.8, 4) is 0 Å². The quantitative estimate of drug-likeness (QED) is 0.151. The van der Waals surface area contributed by atoms with Gasteiger partial charge in [0.25, 0.3) is 0 Å². The van der Waals surface area contributed by atoms with Crippen LogP contribution in [0.5, 0.6) is 0 Å². The summed E-state index contributed by atoms with van der Waals surface area (Å²) in [7, 11) is 0. The van der Waals surface area contributed by atoms with E-state index in [1.165, 1.54) is 0 Å². The number of aliphatic carboxylic acids is 1. The molecule has 0 aliphatic heterocycles. The Morgan fingerprint density at radius 1 is 0.921 bits per heavy atom. The molecule has 3 N–H and O–H groups in total. The van der Waals surface area contributed by atoms with Gasteiger partial charge < -0.3 is 24.8 Å². The van der Waals surface area contributed by atoms with Gasteiger partial charge in [-0.25, -0.2) is 0 Å². The molecule has 0 amide bonds. The van der Waals surface area contributed by atoms with Crippen LogP contribution in [-0.2, 0) is 30.3 Å². The summed E-state index contributed by atoms with van der Waals surface area (Å²) in [5.74, 6) is -2.02. The van der Waals surface area contributed by atoms with Gasteiger partial charge in [-0.2, -0.15) is 0 Å². The smallest absolute Gasteiger partial charge is 0.306 e. The van der Waals surface area contributed by atoms with Crippen molar-refractivity contribution in [1.29, 1.82) is 0 Å². The summed E-state index contributed by atoms with van der Waals surface area (Å²) in [5, 5.41) is 30.1. The first-order valence-electron chi connectivity index (χ1n) is 13.8. The molecule has 0 spiro atoms. The Kier molecular flexibility index (Phi) is 14.1. The zero-order valence-electron chi connectivity index (χ0n) is 22.7. The average Bonchev–Trinajstić information content (AvgIpc) is 3.13. The van der Waals surface area contributed by atoms with Crippen LogP contribution in [-0.4, -0.2) is 57.6 Å². The standard InChI is InChI=1S/C30H44O8/c1-21(2)37-29(35)13-9-4-3-8-12-24-25(27(32)20-26(24)31)17-16-23(38-30(36)19-18-28(33)34)15-14-22-10-6-5-7-11-22/h3,5-8,10-11,21,23-27,31-32H,4,9,12-20H2,1-2H3,(H,33,34)/t23-,24+,25+,26-,27+/m0/s1. The third-order valence-electron chi connectivity index (χ3n) is 6.98. The number of ether oxygens (including phenoxy) is 2. The normalized spacial score (nSPS) is 22.0. The van der Waals surface area contributed by atoms with Crippen LogP contribution in [0.4, 0.5) is 0 Å². The molecule has 0 heterocycles. The Morgan fingerprint density at radius 3 is 2.29 bits per heavy atom. The summed E-state index contributed by atoms with van der Waals surface area (Å²) in [6.07, 6.45) is 6.95. The van der Waals surface area contributed by atoms with Gasteiger partial charge >= 0.3 is 17.9 Å². The lowest BCUT2D eigenvalue weighted by atomic mass is 9.85. The number of rotatable bonds is 17. The summed E-state index contributed by atoms with van der Waals surface area (Å²) in [6.45, 7) is 3.65. The lowest BCUT2D eigenvalue weighted by Gasteiger charge is -2.25. The zero-order valence-corrected chi connectivity index (χ0v) is 22.7. The molecule has 0 bridgehead atoms. The van der Waals surface area contributed by atoms with E-state index < -0.39 is 30.3 Å². The number of unbranched alkanes of at least 4 members (excludes halogenated alkanes) is 1. The van der Waals surface area contributed by atoms with E-state index in [1.54, 1.807) is 0 Å². The van der Waals surface area contributed by atoms with Crippen LogP contribution in [0.15, 0.2) is 42.5 Å². The van der Waals surface area contributed by atoms with E-state index in [9.17, 15) is 24.6 Å². The van der Waals surface area contributed by atoms with E-state index in [1.807, 2.05) is 56.3 Å². The van der Waals surface area contributed by atoms with E-state index in [0.29, 0.717) is 51.4 Å². The molecule has 2 rings (SSSR count). The van der Waals surface area contributed by atoms with Crippen molar-refractivity contribution in [1.82, 2.24) is 0 Å². The Bertz CT molecular complexity index is 881. The highest BCUT2D eigenvalue weighted by atomic mass is 16.5. The molecule has 1 aliphatic carbocycles. The number of allylic oxidation sites excluding steroid dienone is 2. The number of carbonyl (C=O) groups is 3. The number of carboxylic acids is 1. The highest BCUT2D eigenvalue weighted by Gasteiger charge is 2.40. The van der Waals surface area contributed by atoms with Crippen LogP contribution in [0.2, 0.25) is 0 Å². The average molecular weight is 533 g/mol. The predicted molar refractivity (Wildman–Crippen MR) is 143 cm³/mol.